The average Bonchev–Trinajstić information content (AvgIpc) is 3.11. The van der Waals surface area contributed by atoms with Gasteiger partial charge in [0.2, 0.25) is 5.78 Å². The zero-order valence-corrected chi connectivity index (χ0v) is 18.0. The summed E-state index contributed by atoms with van der Waals surface area (Å²) in [4.78, 5) is 62.3. The zero-order chi connectivity index (χ0) is 24.4. The molecule has 3 aromatic rings. The maximum atomic E-state index is 12.9. The van der Waals surface area contributed by atoms with E-state index in [4.69, 9.17) is 4.74 Å². The fourth-order valence-corrected chi connectivity index (χ4v) is 3.63. The van der Waals surface area contributed by atoms with Gasteiger partial charge in [0, 0.05) is 17.7 Å². The Morgan fingerprint density at radius 1 is 0.912 bits per heavy atom. The van der Waals surface area contributed by atoms with Crippen molar-refractivity contribution in [1.82, 2.24) is 0 Å². The monoisotopic (exact) mass is 458 g/mol. The lowest BCUT2D eigenvalue weighted by atomic mass is 10.0. The Morgan fingerprint density at radius 3 is 2.18 bits per heavy atom. The van der Waals surface area contributed by atoms with Crippen LogP contribution >= 0.6 is 0 Å². The van der Waals surface area contributed by atoms with Crippen molar-refractivity contribution in [2.75, 3.05) is 4.90 Å². The van der Waals surface area contributed by atoms with Crippen LogP contribution in [0.3, 0.4) is 0 Å². The molecule has 1 aliphatic heterocycles. The number of Topliss-reactive ketones (excluding diaryl/α,β-unsaturated/α-hetero) is 1. The number of ether oxygens (including phenoxy) is 1. The smallest absolute Gasteiger partial charge is 0.338 e. The van der Waals surface area contributed by atoms with Crippen LogP contribution < -0.4 is 4.90 Å². The summed E-state index contributed by atoms with van der Waals surface area (Å²) in [6, 6.07) is 17.4. The number of amides is 2. The third kappa shape index (κ3) is 4.06. The number of carbonyl (C=O) groups excluding carboxylic acids is 4. The molecule has 1 heterocycles. The van der Waals surface area contributed by atoms with Gasteiger partial charge in [-0.2, -0.15) is 0 Å². The first kappa shape index (κ1) is 22.5. The van der Waals surface area contributed by atoms with Crippen LogP contribution in [-0.4, -0.2) is 34.6 Å². The SMILES string of the molecule is CCC(OC(=O)c1ccc2c(c1)C(=O)N(c1ccc([N+](=O)[O-])cc1)C2=O)C(=O)c1ccccc1. The fraction of sp³-hybridized carbons (Fsp3) is 0.120. The number of nitro benzene ring substituents is 1. The molecule has 9 heteroatoms. The van der Waals surface area contributed by atoms with Crippen molar-refractivity contribution in [3.8, 4) is 0 Å². The molecule has 0 radical (unpaired) electrons. The van der Waals surface area contributed by atoms with Crippen LogP contribution in [0.1, 0.15) is 54.8 Å². The molecule has 4 rings (SSSR count). The molecule has 0 N–H and O–H groups in total. The predicted molar refractivity (Wildman–Crippen MR) is 121 cm³/mol. The minimum absolute atomic E-state index is 0.000220. The Kier molecular flexibility index (Phi) is 6.01. The van der Waals surface area contributed by atoms with Crippen LogP contribution in [0.2, 0.25) is 0 Å². The molecular formula is C25H18N2O7. The maximum absolute atomic E-state index is 12.9. The van der Waals surface area contributed by atoms with E-state index in [1.165, 1.54) is 42.5 Å². The summed E-state index contributed by atoms with van der Waals surface area (Å²) < 4.78 is 5.41. The second-order valence-electron chi connectivity index (χ2n) is 7.51. The van der Waals surface area contributed by atoms with E-state index in [1.807, 2.05) is 0 Å². The molecule has 3 aromatic carbocycles. The van der Waals surface area contributed by atoms with Crippen LogP contribution in [0.15, 0.2) is 72.8 Å². The van der Waals surface area contributed by atoms with E-state index < -0.39 is 28.8 Å². The first-order valence-electron chi connectivity index (χ1n) is 10.4. The van der Waals surface area contributed by atoms with Gasteiger partial charge in [-0.1, -0.05) is 37.3 Å². The summed E-state index contributed by atoms with van der Waals surface area (Å²) in [5.41, 5.74) is 0.509. The van der Waals surface area contributed by atoms with Gasteiger partial charge >= 0.3 is 5.97 Å². The topological polar surface area (TPSA) is 124 Å². The van der Waals surface area contributed by atoms with Gasteiger partial charge in [0.05, 0.1) is 27.3 Å². The summed E-state index contributed by atoms with van der Waals surface area (Å²) in [5.74, 6) is -2.42. The van der Waals surface area contributed by atoms with Crippen molar-refractivity contribution in [2.45, 2.75) is 19.4 Å². The summed E-state index contributed by atoms with van der Waals surface area (Å²) >= 11 is 0. The van der Waals surface area contributed by atoms with E-state index in [9.17, 15) is 29.3 Å². The Morgan fingerprint density at radius 2 is 1.56 bits per heavy atom. The van der Waals surface area contributed by atoms with Crippen molar-refractivity contribution in [3.63, 3.8) is 0 Å². The molecule has 170 valence electrons. The predicted octanol–water partition coefficient (Wildman–Crippen LogP) is 4.21. The molecule has 34 heavy (non-hydrogen) atoms. The van der Waals surface area contributed by atoms with Crippen molar-refractivity contribution in [3.05, 3.63) is 105 Å². The van der Waals surface area contributed by atoms with Crippen LogP contribution in [0, 0.1) is 10.1 Å². The molecule has 1 atom stereocenters. The number of benzene rings is 3. The highest BCUT2D eigenvalue weighted by Gasteiger charge is 2.37. The molecule has 0 fully saturated rings. The summed E-state index contributed by atoms with van der Waals surface area (Å²) in [6.07, 6.45) is -0.743. The highest BCUT2D eigenvalue weighted by molar-refractivity contribution is 6.34. The van der Waals surface area contributed by atoms with Gasteiger partial charge in [-0.15, -0.1) is 0 Å². The van der Waals surface area contributed by atoms with Crippen molar-refractivity contribution >= 4 is 34.9 Å². The van der Waals surface area contributed by atoms with E-state index in [1.54, 1.807) is 37.3 Å². The Balaban J connectivity index is 1.56. The standard InChI is InChI=1S/C25H18N2O7/c1-2-21(22(28)15-6-4-3-5-7-15)34-25(31)16-8-13-19-20(14-16)24(30)26(23(19)29)17-9-11-18(12-10-17)27(32)33/h3-14,21H,2H2,1H3. The Hall–Kier alpha value is -4.66. The van der Waals surface area contributed by atoms with Crippen LogP contribution in [0.5, 0.6) is 0 Å². The molecule has 0 saturated carbocycles. The molecule has 0 bridgehead atoms. The van der Waals surface area contributed by atoms with Gasteiger partial charge in [-0.3, -0.25) is 24.5 Å². The second kappa shape index (κ2) is 9.07. The van der Waals surface area contributed by atoms with E-state index in [-0.39, 0.29) is 40.3 Å². The van der Waals surface area contributed by atoms with Gasteiger partial charge in [-0.05, 0) is 36.8 Å². The van der Waals surface area contributed by atoms with Crippen LogP contribution in [-0.2, 0) is 4.74 Å². The van der Waals surface area contributed by atoms with Crippen molar-refractivity contribution in [2.24, 2.45) is 0 Å². The highest BCUT2D eigenvalue weighted by atomic mass is 16.6. The average molecular weight is 458 g/mol. The van der Waals surface area contributed by atoms with Gasteiger partial charge < -0.3 is 4.74 Å². The number of imide groups is 1. The number of nitrogens with zero attached hydrogens (tertiary/aromatic N) is 2. The molecule has 0 spiro atoms. The van der Waals surface area contributed by atoms with Gasteiger partial charge in [0.25, 0.3) is 17.5 Å². The van der Waals surface area contributed by atoms with E-state index in [0.717, 1.165) is 4.90 Å². The first-order chi connectivity index (χ1) is 16.3. The lowest BCUT2D eigenvalue weighted by molar-refractivity contribution is -0.384. The number of ketones is 1. The summed E-state index contributed by atoms with van der Waals surface area (Å²) in [7, 11) is 0. The van der Waals surface area contributed by atoms with Crippen LogP contribution in [0.25, 0.3) is 0 Å². The van der Waals surface area contributed by atoms with Crippen molar-refractivity contribution < 1.29 is 28.8 Å². The number of carbonyl (C=O) groups is 4. The van der Waals surface area contributed by atoms with E-state index in [0.29, 0.717) is 5.56 Å². The number of hydrogen-bond acceptors (Lipinski definition) is 7. The van der Waals surface area contributed by atoms with Gasteiger partial charge in [-0.25, -0.2) is 9.69 Å². The van der Waals surface area contributed by atoms with Gasteiger partial charge in [0.1, 0.15) is 0 Å². The van der Waals surface area contributed by atoms with Crippen molar-refractivity contribution in [1.29, 1.82) is 0 Å². The zero-order valence-electron chi connectivity index (χ0n) is 18.0. The molecule has 0 aromatic heterocycles. The largest absolute Gasteiger partial charge is 0.450 e. The number of anilines is 1. The number of non-ortho nitro benzene ring substituents is 1. The number of nitro groups is 1. The second-order valence-corrected chi connectivity index (χ2v) is 7.51. The molecule has 0 saturated heterocycles. The third-order valence-corrected chi connectivity index (χ3v) is 5.41. The first-order valence-corrected chi connectivity index (χ1v) is 10.4. The summed E-state index contributed by atoms with van der Waals surface area (Å²) in [5, 5.41) is 10.9. The fourth-order valence-electron chi connectivity index (χ4n) is 3.63. The highest BCUT2D eigenvalue weighted by Crippen LogP contribution is 2.30. The molecule has 9 nitrogen and oxygen atoms in total. The number of esters is 1. The van der Waals surface area contributed by atoms with Crippen LogP contribution in [0.4, 0.5) is 11.4 Å². The van der Waals surface area contributed by atoms with Gasteiger partial charge in [0.15, 0.2) is 6.10 Å². The van der Waals surface area contributed by atoms with E-state index >= 15 is 0 Å². The molecule has 1 aliphatic rings. The number of hydrogen-bond donors (Lipinski definition) is 0. The molecule has 2 amide bonds. The quantitative estimate of drug-likeness (QED) is 0.171. The molecule has 1 unspecified atom stereocenters. The summed E-state index contributed by atoms with van der Waals surface area (Å²) in [6.45, 7) is 1.71. The minimum Gasteiger partial charge on any atom is -0.450 e. The Labute approximate surface area is 193 Å². The minimum atomic E-state index is -1.00. The lowest BCUT2D eigenvalue weighted by Gasteiger charge is -2.15. The number of rotatable bonds is 7. The maximum Gasteiger partial charge on any atom is 0.338 e. The number of fused-ring (bicyclic) bond motifs is 1. The molecule has 0 aliphatic carbocycles. The molecular weight excluding hydrogens is 440 g/mol. The third-order valence-electron chi connectivity index (χ3n) is 5.41. The normalized spacial score (nSPS) is 13.4. The lowest BCUT2D eigenvalue weighted by Crippen LogP contribution is -2.29. The van der Waals surface area contributed by atoms with E-state index in [2.05, 4.69) is 0 Å². The Bertz CT molecular complexity index is 1320.